The molecular weight excluding hydrogens is 386 g/mol. The van der Waals surface area contributed by atoms with Crippen LogP contribution in [-0.2, 0) is 16.1 Å². The van der Waals surface area contributed by atoms with E-state index in [1.54, 1.807) is 37.4 Å². The van der Waals surface area contributed by atoms with Crippen LogP contribution in [0.5, 0.6) is 17.4 Å². The molecule has 0 unspecified atom stereocenters. The highest BCUT2D eigenvalue weighted by molar-refractivity contribution is 5.92. The topological polar surface area (TPSA) is 90.0 Å². The first-order chi connectivity index (χ1) is 14.5. The van der Waals surface area contributed by atoms with Gasteiger partial charge in [-0.25, -0.2) is 9.78 Å². The number of carbonyl (C=O) groups excluding carboxylic acids is 2. The van der Waals surface area contributed by atoms with Gasteiger partial charge in [0, 0.05) is 31.4 Å². The number of nitrogens with zero attached hydrogens (tertiary/aromatic N) is 2. The fraction of sp³-hybridized carbons (Fsp3) is 0.318. The zero-order valence-corrected chi connectivity index (χ0v) is 17.3. The maximum atomic E-state index is 12.6. The van der Waals surface area contributed by atoms with Crippen molar-refractivity contribution in [2.45, 2.75) is 19.9 Å². The molecule has 0 saturated carbocycles. The Kier molecular flexibility index (Phi) is 6.90. The van der Waals surface area contributed by atoms with E-state index in [2.05, 4.69) is 10.3 Å². The second kappa shape index (κ2) is 9.78. The van der Waals surface area contributed by atoms with Crippen LogP contribution in [0.2, 0.25) is 0 Å². The van der Waals surface area contributed by atoms with Crippen LogP contribution in [0, 0.1) is 0 Å². The predicted octanol–water partition coefficient (Wildman–Crippen LogP) is 2.88. The lowest BCUT2D eigenvalue weighted by atomic mass is 10.1. The zero-order valence-electron chi connectivity index (χ0n) is 17.3. The Morgan fingerprint density at radius 3 is 3.00 bits per heavy atom. The first kappa shape index (κ1) is 21.2. The van der Waals surface area contributed by atoms with Crippen molar-refractivity contribution in [2.75, 3.05) is 32.6 Å². The van der Waals surface area contributed by atoms with Gasteiger partial charge in [0.25, 0.3) is 0 Å². The third-order valence-electron chi connectivity index (χ3n) is 4.44. The molecule has 0 spiro atoms. The number of rotatable bonds is 8. The second-order valence-corrected chi connectivity index (χ2v) is 6.77. The number of anilines is 1. The van der Waals surface area contributed by atoms with Crippen LogP contribution in [0.25, 0.3) is 6.08 Å². The molecule has 2 heterocycles. The minimum Gasteiger partial charge on any atom is -0.493 e. The van der Waals surface area contributed by atoms with Gasteiger partial charge < -0.3 is 24.4 Å². The largest absolute Gasteiger partial charge is 0.493 e. The van der Waals surface area contributed by atoms with Crippen LogP contribution in [0.15, 0.2) is 36.5 Å². The summed E-state index contributed by atoms with van der Waals surface area (Å²) >= 11 is 0. The summed E-state index contributed by atoms with van der Waals surface area (Å²) in [7, 11) is 3.32. The fourth-order valence-electron chi connectivity index (χ4n) is 2.92. The molecular formula is C22H25N3O5. The van der Waals surface area contributed by atoms with Crippen LogP contribution < -0.4 is 19.5 Å². The minimum atomic E-state index is -0.380. The molecule has 158 valence electrons. The number of hydrogen-bond acceptors (Lipinski definition) is 7. The van der Waals surface area contributed by atoms with E-state index in [-0.39, 0.29) is 24.3 Å². The van der Waals surface area contributed by atoms with Gasteiger partial charge in [0.1, 0.15) is 6.54 Å². The summed E-state index contributed by atoms with van der Waals surface area (Å²) < 4.78 is 16.3. The first-order valence-electron chi connectivity index (χ1n) is 9.68. The predicted molar refractivity (Wildman–Crippen MR) is 113 cm³/mol. The van der Waals surface area contributed by atoms with Gasteiger partial charge in [0.15, 0.2) is 11.5 Å². The van der Waals surface area contributed by atoms with Crippen molar-refractivity contribution in [2.24, 2.45) is 0 Å². The molecule has 0 radical (unpaired) electrons. The Morgan fingerprint density at radius 1 is 1.40 bits per heavy atom. The Bertz CT molecular complexity index is 958. The number of pyridine rings is 1. The number of hydrogen-bond donors (Lipinski definition) is 1. The molecule has 8 nitrogen and oxygen atoms in total. The average Bonchev–Trinajstić information content (AvgIpc) is 2.76. The summed E-state index contributed by atoms with van der Waals surface area (Å²) in [4.78, 5) is 29.6. The number of amides is 1. The van der Waals surface area contributed by atoms with E-state index >= 15 is 0 Å². The monoisotopic (exact) mass is 411 g/mol. The molecule has 1 aromatic heterocycles. The van der Waals surface area contributed by atoms with Crippen molar-refractivity contribution in [3.63, 3.8) is 0 Å². The van der Waals surface area contributed by atoms with Crippen LogP contribution >= 0.6 is 0 Å². The molecule has 30 heavy (non-hydrogen) atoms. The number of fused-ring (bicyclic) bond motifs is 1. The smallest absolute Gasteiger partial charge is 0.332 e. The van der Waals surface area contributed by atoms with Gasteiger partial charge in [-0.05, 0) is 30.2 Å². The van der Waals surface area contributed by atoms with E-state index in [0.717, 1.165) is 12.0 Å². The summed E-state index contributed by atoms with van der Waals surface area (Å²) in [5.74, 6) is 0.992. The van der Waals surface area contributed by atoms with E-state index in [9.17, 15) is 9.59 Å². The summed E-state index contributed by atoms with van der Waals surface area (Å²) in [6, 6.07) is 7.41. The number of esters is 1. The van der Waals surface area contributed by atoms with Gasteiger partial charge in [-0.3, -0.25) is 4.79 Å². The Labute approximate surface area is 175 Å². The van der Waals surface area contributed by atoms with Crippen molar-refractivity contribution in [3.8, 4) is 17.4 Å². The third-order valence-corrected chi connectivity index (χ3v) is 4.44. The third kappa shape index (κ3) is 5.08. The Morgan fingerprint density at radius 2 is 2.23 bits per heavy atom. The van der Waals surface area contributed by atoms with Crippen LogP contribution in [0.1, 0.15) is 24.5 Å². The summed E-state index contributed by atoms with van der Waals surface area (Å²) in [6.45, 7) is 3.07. The van der Waals surface area contributed by atoms with Crippen molar-refractivity contribution >= 4 is 23.6 Å². The van der Waals surface area contributed by atoms with Crippen molar-refractivity contribution in [1.29, 1.82) is 0 Å². The quantitative estimate of drug-likeness (QED) is 0.528. The van der Waals surface area contributed by atoms with Gasteiger partial charge in [-0.2, -0.15) is 0 Å². The van der Waals surface area contributed by atoms with Crippen LogP contribution in [-0.4, -0.2) is 49.1 Å². The summed E-state index contributed by atoms with van der Waals surface area (Å²) in [6.07, 6.45) is 5.56. The molecule has 1 aromatic carbocycles. The van der Waals surface area contributed by atoms with Gasteiger partial charge in [0.2, 0.25) is 11.8 Å². The number of carbonyl (C=O) groups is 2. The molecule has 1 aliphatic rings. The molecule has 1 amide bonds. The van der Waals surface area contributed by atoms with Crippen LogP contribution in [0.4, 0.5) is 5.69 Å². The SMILES string of the molecule is CCCOc1c(CN(C)C(=O)/C=C/c2cnc3c(c2)NCC(=O)O3)cccc1OC. The normalized spacial score (nSPS) is 12.7. The molecule has 0 fully saturated rings. The number of ether oxygens (including phenoxy) is 3. The molecule has 1 N–H and O–H groups in total. The Balaban J connectivity index is 1.69. The van der Waals surface area contributed by atoms with Gasteiger partial charge in [-0.1, -0.05) is 19.1 Å². The Hall–Kier alpha value is -3.55. The maximum absolute atomic E-state index is 12.6. The lowest BCUT2D eigenvalue weighted by molar-refractivity contribution is -0.133. The standard InChI is InChI=1S/C22H25N3O5/c1-4-10-29-21-16(6-5-7-18(21)28-3)14-25(2)19(26)9-8-15-11-17-22(24-12-15)30-20(27)13-23-17/h5-9,11-12,23H,4,10,13-14H2,1-3H3/b9-8+. The van der Waals surface area contributed by atoms with Crippen molar-refractivity contribution in [1.82, 2.24) is 9.88 Å². The highest BCUT2D eigenvalue weighted by Crippen LogP contribution is 2.32. The zero-order chi connectivity index (χ0) is 21.5. The minimum absolute atomic E-state index is 0.0898. The lowest BCUT2D eigenvalue weighted by Gasteiger charge is -2.19. The summed E-state index contributed by atoms with van der Waals surface area (Å²) in [5.41, 5.74) is 2.20. The van der Waals surface area contributed by atoms with Crippen LogP contribution in [0.3, 0.4) is 0 Å². The summed E-state index contributed by atoms with van der Waals surface area (Å²) in [5, 5.41) is 2.94. The molecule has 8 heteroatoms. The number of nitrogens with one attached hydrogen (secondary N) is 1. The molecule has 0 saturated heterocycles. The van der Waals surface area contributed by atoms with E-state index in [0.29, 0.717) is 35.9 Å². The molecule has 0 aliphatic carbocycles. The van der Waals surface area contributed by atoms with E-state index in [1.165, 1.54) is 6.08 Å². The van der Waals surface area contributed by atoms with Gasteiger partial charge >= 0.3 is 5.97 Å². The molecule has 3 rings (SSSR count). The van der Waals surface area contributed by atoms with Gasteiger partial charge in [0.05, 0.1) is 19.4 Å². The fourth-order valence-corrected chi connectivity index (χ4v) is 2.92. The molecule has 2 aromatic rings. The van der Waals surface area contributed by atoms with Crippen molar-refractivity contribution in [3.05, 3.63) is 47.7 Å². The number of benzene rings is 1. The lowest BCUT2D eigenvalue weighted by Crippen LogP contribution is -2.25. The molecule has 0 atom stereocenters. The van der Waals surface area contributed by atoms with E-state index in [1.807, 2.05) is 25.1 Å². The van der Waals surface area contributed by atoms with Crippen molar-refractivity contribution < 1.29 is 23.8 Å². The number of methoxy groups -OCH3 is 1. The van der Waals surface area contributed by atoms with E-state index in [4.69, 9.17) is 14.2 Å². The molecule has 0 bridgehead atoms. The number of aromatic nitrogens is 1. The number of para-hydroxylation sites is 1. The maximum Gasteiger partial charge on any atom is 0.332 e. The first-order valence-corrected chi connectivity index (χ1v) is 9.68. The highest BCUT2D eigenvalue weighted by Gasteiger charge is 2.18. The van der Waals surface area contributed by atoms with Gasteiger partial charge in [-0.15, -0.1) is 0 Å². The molecule has 1 aliphatic heterocycles. The second-order valence-electron chi connectivity index (χ2n) is 6.77. The average molecular weight is 411 g/mol. The van der Waals surface area contributed by atoms with E-state index < -0.39 is 0 Å². The number of likely N-dealkylation sites (N-methyl/N-ethyl adjacent to an activating group) is 1. The highest BCUT2D eigenvalue weighted by atomic mass is 16.5.